The standard InChI is InChI=1S/C20H28F2N2O2/c1-2-3-5-11-17(14-16-9-6-4-7-10-16)15-24-13-8-12-20(23,18(21)22)19(25)26/h4,6-7,9-10,14-15,18H,2-3,5,8,11-13,23H2,1H3,(H,25,26). The van der Waals surface area contributed by atoms with Crippen molar-refractivity contribution in [3.05, 3.63) is 41.5 Å². The minimum absolute atomic E-state index is 0.192. The van der Waals surface area contributed by atoms with Gasteiger partial charge in [-0.25, -0.2) is 13.6 Å². The zero-order chi connectivity index (χ0) is 19.4. The molecule has 0 aliphatic carbocycles. The summed E-state index contributed by atoms with van der Waals surface area (Å²) in [5.74, 6) is -1.68. The van der Waals surface area contributed by atoms with Gasteiger partial charge in [-0.1, -0.05) is 56.2 Å². The molecule has 1 atom stereocenters. The average Bonchev–Trinajstić information content (AvgIpc) is 2.61. The van der Waals surface area contributed by atoms with Crippen molar-refractivity contribution in [1.82, 2.24) is 0 Å². The number of rotatable bonds is 12. The van der Waals surface area contributed by atoms with Crippen LogP contribution in [0, 0.1) is 0 Å². The smallest absolute Gasteiger partial charge is 0.329 e. The van der Waals surface area contributed by atoms with Gasteiger partial charge in [0.2, 0.25) is 0 Å². The SMILES string of the molecule is CCCCCC(C=NCCCC(N)(C(=O)O)C(F)F)=Cc1ccccc1. The van der Waals surface area contributed by atoms with E-state index in [0.29, 0.717) is 0 Å². The summed E-state index contributed by atoms with van der Waals surface area (Å²) in [5, 5.41) is 8.88. The van der Waals surface area contributed by atoms with Crippen LogP contribution in [0.4, 0.5) is 8.78 Å². The second kappa shape index (κ2) is 11.5. The Kier molecular flexibility index (Phi) is 9.73. The fourth-order valence-corrected chi connectivity index (χ4v) is 2.47. The van der Waals surface area contributed by atoms with Gasteiger partial charge in [-0.05, 0) is 36.8 Å². The predicted molar refractivity (Wildman–Crippen MR) is 102 cm³/mol. The number of aliphatic carboxylic acids is 1. The Bertz CT molecular complexity index is 603. The molecule has 3 N–H and O–H groups in total. The van der Waals surface area contributed by atoms with Crippen molar-refractivity contribution < 1.29 is 18.7 Å². The fraction of sp³-hybridized carbons (Fsp3) is 0.500. The number of nitrogens with zero attached hydrogens (tertiary/aromatic N) is 1. The minimum atomic E-state index is -3.11. The maximum Gasteiger partial charge on any atom is 0.329 e. The molecule has 0 amide bonds. The Labute approximate surface area is 153 Å². The normalized spacial score (nSPS) is 14.7. The summed E-state index contributed by atoms with van der Waals surface area (Å²) in [6, 6.07) is 9.89. The summed E-state index contributed by atoms with van der Waals surface area (Å²) in [4.78, 5) is 15.2. The number of alkyl halides is 2. The van der Waals surface area contributed by atoms with Crippen LogP contribution < -0.4 is 5.73 Å². The molecule has 1 rings (SSSR count). The molecular weight excluding hydrogens is 338 g/mol. The first-order valence-electron chi connectivity index (χ1n) is 8.96. The second-order valence-corrected chi connectivity index (χ2v) is 6.37. The van der Waals surface area contributed by atoms with Gasteiger partial charge < -0.3 is 10.8 Å². The lowest BCUT2D eigenvalue weighted by Gasteiger charge is -2.22. The van der Waals surface area contributed by atoms with E-state index >= 15 is 0 Å². The van der Waals surface area contributed by atoms with Crippen molar-refractivity contribution in [1.29, 1.82) is 0 Å². The van der Waals surface area contributed by atoms with E-state index in [1.54, 1.807) is 6.21 Å². The van der Waals surface area contributed by atoms with E-state index in [9.17, 15) is 13.6 Å². The monoisotopic (exact) mass is 366 g/mol. The van der Waals surface area contributed by atoms with Crippen molar-refractivity contribution in [2.75, 3.05) is 6.54 Å². The first-order valence-corrected chi connectivity index (χ1v) is 8.96. The summed E-state index contributed by atoms with van der Waals surface area (Å²) in [7, 11) is 0. The zero-order valence-corrected chi connectivity index (χ0v) is 15.2. The number of hydrogen-bond donors (Lipinski definition) is 2. The van der Waals surface area contributed by atoms with E-state index < -0.39 is 17.9 Å². The first kappa shape index (κ1) is 22.0. The van der Waals surface area contributed by atoms with Crippen LogP contribution >= 0.6 is 0 Å². The number of carboxylic acid groups (broad SMARTS) is 1. The summed E-state index contributed by atoms with van der Waals surface area (Å²) in [6.07, 6.45) is 4.78. The van der Waals surface area contributed by atoms with Gasteiger partial charge in [0, 0.05) is 12.8 Å². The van der Waals surface area contributed by atoms with Gasteiger partial charge >= 0.3 is 5.97 Å². The molecular formula is C20H28F2N2O2. The summed E-state index contributed by atoms with van der Waals surface area (Å²) >= 11 is 0. The van der Waals surface area contributed by atoms with Gasteiger partial charge in [0.1, 0.15) is 0 Å². The maximum atomic E-state index is 12.8. The van der Waals surface area contributed by atoms with Crippen molar-refractivity contribution in [3.8, 4) is 0 Å². The third-order valence-electron chi connectivity index (χ3n) is 4.14. The highest BCUT2D eigenvalue weighted by Crippen LogP contribution is 2.19. The lowest BCUT2D eigenvalue weighted by molar-refractivity contribution is -0.150. The highest BCUT2D eigenvalue weighted by Gasteiger charge is 2.43. The van der Waals surface area contributed by atoms with Crippen molar-refractivity contribution in [2.24, 2.45) is 10.7 Å². The molecule has 0 spiro atoms. The van der Waals surface area contributed by atoms with E-state index in [-0.39, 0.29) is 19.4 Å². The van der Waals surface area contributed by atoms with Gasteiger partial charge in [-0.3, -0.25) is 4.99 Å². The van der Waals surface area contributed by atoms with Crippen LogP contribution in [-0.2, 0) is 4.79 Å². The van der Waals surface area contributed by atoms with Crippen molar-refractivity contribution in [2.45, 2.75) is 57.4 Å². The molecule has 0 heterocycles. The molecule has 4 nitrogen and oxygen atoms in total. The average molecular weight is 366 g/mol. The van der Waals surface area contributed by atoms with Crippen LogP contribution in [0.2, 0.25) is 0 Å². The van der Waals surface area contributed by atoms with Crippen LogP contribution in [0.1, 0.15) is 51.0 Å². The molecule has 0 saturated heterocycles. The molecule has 0 aliphatic heterocycles. The molecule has 0 radical (unpaired) electrons. The Morgan fingerprint density at radius 2 is 1.96 bits per heavy atom. The number of nitrogens with two attached hydrogens (primary N) is 1. The largest absolute Gasteiger partial charge is 0.480 e. The summed E-state index contributed by atoms with van der Waals surface area (Å²) in [6.45, 7) is 2.40. The van der Waals surface area contributed by atoms with Crippen LogP contribution in [0.5, 0.6) is 0 Å². The van der Waals surface area contributed by atoms with Crippen molar-refractivity contribution in [3.63, 3.8) is 0 Å². The molecule has 0 aromatic heterocycles. The van der Waals surface area contributed by atoms with Crippen LogP contribution in [-0.4, -0.2) is 35.8 Å². The minimum Gasteiger partial charge on any atom is -0.480 e. The molecule has 0 aliphatic rings. The molecule has 144 valence electrons. The number of hydrogen-bond acceptors (Lipinski definition) is 3. The quantitative estimate of drug-likeness (QED) is 0.421. The second-order valence-electron chi connectivity index (χ2n) is 6.37. The molecule has 26 heavy (non-hydrogen) atoms. The number of aliphatic imine (C=N–C) groups is 1. The fourth-order valence-electron chi connectivity index (χ4n) is 2.47. The van der Waals surface area contributed by atoms with Crippen molar-refractivity contribution >= 4 is 18.3 Å². The maximum absolute atomic E-state index is 12.8. The van der Waals surface area contributed by atoms with Gasteiger partial charge in [-0.15, -0.1) is 0 Å². The van der Waals surface area contributed by atoms with Gasteiger partial charge in [0.05, 0.1) is 0 Å². The summed E-state index contributed by atoms with van der Waals surface area (Å²) < 4.78 is 25.7. The molecule has 1 aromatic rings. The lowest BCUT2D eigenvalue weighted by atomic mass is 9.95. The first-order chi connectivity index (χ1) is 12.4. The molecule has 6 heteroatoms. The van der Waals surface area contributed by atoms with Gasteiger partial charge in [-0.2, -0.15) is 0 Å². The third-order valence-corrected chi connectivity index (χ3v) is 4.14. The van der Waals surface area contributed by atoms with Crippen LogP contribution in [0.25, 0.3) is 6.08 Å². The molecule has 1 unspecified atom stereocenters. The highest BCUT2D eigenvalue weighted by molar-refractivity contribution is 5.85. The summed E-state index contributed by atoms with van der Waals surface area (Å²) in [5.41, 5.74) is 4.94. The predicted octanol–water partition coefficient (Wildman–Crippen LogP) is 4.55. The topological polar surface area (TPSA) is 75.7 Å². The number of unbranched alkanes of at least 4 members (excludes halogenated alkanes) is 2. The number of halogens is 2. The molecule has 1 aromatic carbocycles. The Morgan fingerprint density at radius 3 is 2.54 bits per heavy atom. The Morgan fingerprint density at radius 1 is 1.27 bits per heavy atom. The van der Waals surface area contributed by atoms with Gasteiger partial charge in [0.25, 0.3) is 6.43 Å². The van der Waals surface area contributed by atoms with Gasteiger partial charge in [0.15, 0.2) is 5.54 Å². The molecule has 0 fully saturated rings. The Hall–Kier alpha value is -2.08. The highest BCUT2D eigenvalue weighted by atomic mass is 19.3. The van der Waals surface area contributed by atoms with E-state index in [4.69, 9.17) is 10.8 Å². The number of carboxylic acids is 1. The lowest BCUT2D eigenvalue weighted by Crippen LogP contribution is -2.54. The van der Waals surface area contributed by atoms with E-state index in [1.165, 1.54) is 0 Å². The number of carbonyl (C=O) groups is 1. The van der Waals surface area contributed by atoms with E-state index in [0.717, 1.165) is 36.8 Å². The van der Waals surface area contributed by atoms with Crippen LogP contribution in [0.3, 0.4) is 0 Å². The van der Waals surface area contributed by atoms with E-state index in [1.807, 2.05) is 30.3 Å². The molecule has 0 saturated carbocycles. The van der Waals surface area contributed by atoms with Crippen LogP contribution in [0.15, 0.2) is 40.9 Å². The number of allylic oxidation sites excluding steroid dienone is 1. The molecule has 0 bridgehead atoms. The number of benzene rings is 1. The zero-order valence-electron chi connectivity index (χ0n) is 15.2. The Balaban J connectivity index is 2.64. The third kappa shape index (κ3) is 7.44. The van der Waals surface area contributed by atoms with E-state index in [2.05, 4.69) is 18.0 Å².